The van der Waals surface area contributed by atoms with Gasteiger partial charge in [-0.05, 0) is 51.0 Å². The van der Waals surface area contributed by atoms with Crippen molar-refractivity contribution in [2.24, 2.45) is 0 Å². The maximum atomic E-state index is 13.3. The van der Waals surface area contributed by atoms with E-state index in [1.807, 2.05) is 24.9 Å². The summed E-state index contributed by atoms with van der Waals surface area (Å²) in [5, 5.41) is 2.86. The predicted molar refractivity (Wildman–Crippen MR) is 107 cm³/mol. The number of benzene rings is 1. The molecule has 0 radical (unpaired) electrons. The van der Waals surface area contributed by atoms with Crippen LogP contribution in [0.5, 0.6) is 0 Å². The molecule has 0 saturated heterocycles. The summed E-state index contributed by atoms with van der Waals surface area (Å²) in [6.07, 6.45) is 2.54. The largest absolute Gasteiger partial charge is 0.376 e. The van der Waals surface area contributed by atoms with E-state index in [4.69, 9.17) is 0 Å². The maximum Gasteiger partial charge on any atom is 0.220 e. The van der Waals surface area contributed by atoms with Gasteiger partial charge in [-0.25, -0.2) is 4.39 Å². The third-order valence-electron chi connectivity index (χ3n) is 4.11. The van der Waals surface area contributed by atoms with Crippen molar-refractivity contribution >= 4 is 11.7 Å². The van der Waals surface area contributed by atoms with Gasteiger partial charge in [-0.1, -0.05) is 18.6 Å². The van der Waals surface area contributed by atoms with Gasteiger partial charge in [0.25, 0.3) is 0 Å². The summed E-state index contributed by atoms with van der Waals surface area (Å²) in [4.78, 5) is 25.7. The van der Waals surface area contributed by atoms with E-state index in [9.17, 15) is 14.0 Å². The minimum atomic E-state index is -0.451. The van der Waals surface area contributed by atoms with Gasteiger partial charge in [0.05, 0.1) is 0 Å². The molecule has 1 N–H and O–H groups in total. The highest BCUT2D eigenvalue weighted by Gasteiger charge is 2.11. The van der Waals surface area contributed by atoms with Crippen LogP contribution in [0.25, 0.3) is 0 Å². The van der Waals surface area contributed by atoms with Gasteiger partial charge in [-0.15, -0.1) is 5.92 Å². The standard InChI is InChI=1S/C22H27FN2O2/c1-6-7-16(2)14-17(3)25(5)13-12-24-22(27)11-9-19-8-10-20(23)15-21(19)18(4)26/h8,10,14-15H,2,9,11-13H2,1,3-5H3,(H,24,27)/b17-14+. The first-order valence-electron chi connectivity index (χ1n) is 8.81. The molecule has 144 valence electrons. The Kier molecular flexibility index (Phi) is 9.01. The number of Topliss-reactive ketones (excluding diaryl/α,β-unsaturated/α-hetero) is 1. The molecule has 4 nitrogen and oxygen atoms in total. The van der Waals surface area contributed by atoms with E-state index in [0.29, 0.717) is 30.6 Å². The highest BCUT2D eigenvalue weighted by atomic mass is 19.1. The van der Waals surface area contributed by atoms with E-state index in [1.54, 1.807) is 13.0 Å². The first-order chi connectivity index (χ1) is 12.7. The second-order valence-corrected chi connectivity index (χ2v) is 6.32. The van der Waals surface area contributed by atoms with E-state index in [1.165, 1.54) is 19.1 Å². The van der Waals surface area contributed by atoms with Gasteiger partial charge >= 0.3 is 0 Å². The molecule has 0 aromatic heterocycles. The van der Waals surface area contributed by atoms with Gasteiger partial charge < -0.3 is 10.2 Å². The summed E-state index contributed by atoms with van der Waals surface area (Å²) < 4.78 is 13.3. The number of aryl methyl sites for hydroxylation is 1. The first-order valence-corrected chi connectivity index (χ1v) is 8.81. The lowest BCUT2D eigenvalue weighted by Crippen LogP contribution is -2.32. The fraction of sp³-hybridized carbons (Fsp3) is 0.364. The molecule has 0 unspecified atom stereocenters. The molecule has 0 fully saturated rings. The Morgan fingerprint density at radius 2 is 2.04 bits per heavy atom. The van der Waals surface area contributed by atoms with Crippen molar-refractivity contribution in [3.8, 4) is 11.8 Å². The van der Waals surface area contributed by atoms with Crippen molar-refractivity contribution in [1.29, 1.82) is 0 Å². The molecule has 1 amide bonds. The second-order valence-electron chi connectivity index (χ2n) is 6.32. The number of hydrogen-bond acceptors (Lipinski definition) is 3. The van der Waals surface area contributed by atoms with Crippen LogP contribution in [0.15, 0.2) is 42.1 Å². The van der Waals surface area contributed by atoms with Gasteiger partial charge in [-0.3, -0.25) is 9.59 Å². The molecule has 27 heavy (non-hydrogen) atoms. The highest BCUT2D eigenvalue weighted by Crippen LogP contribution is 2.14. The molecular formula is C22H27FN2O2. The molecule has 5 heteroatoms. The molecular weight excluding hydrogens is 343 g/mol. The van der Waals surface area contributed by atoms with Crippen LogP contribution < -0.4 is 5.32 Å². The zero-order valence-electron chi connectivity index (χ0n) is 16.5. The summed E-state index contributed by atoms with van der Waals surface area (Å²) >= 11 is 0. The van der Waals surface area contributed by atoms with E-state index in [2.05, 4.69) is 23.7 Å². The van der Waals surface area contributed by atoms with Crippen LogP contribution in [0.3, 0.4) is 0 Å². The normalized spacial score (nSPS) is 10.6. The van der Waals surface area contributed by atoms with Crippen LogP contribution in [0.1, 0.15) is 43.1 Å². The monoisotopic (exact) mass is 370 g/mol. The van der Waals surface area contributed by atoms with E-state index >= 15 is 0 Å². The number of likely N-dealkylation sites (N-methyl/N-ethyl adjacent to an activating group) is 1. The number of amides is 1. The van der Waals surface area contributed by atoms with E-state index in [0.717, 1.165) is 11.3 Å². The van der Waals surface area contributed by atoms with Crippen molar-refractivity contribution in [3.63, 3.8) is 0 Å². The zero-order valence-corrected chi connectivity index (χ0v) is 16.5. The summed E-state index contributed by atoms with van der Waals surface area (Å²) in [7, 11) is 1.93. The average molecular weight is 370 g/mol. The zero-order chi connectivity index (χ0) is 20.4. The molecule has 0 aliphatic rings. The number of ketones is 1. The molecule has 0 bridgehead atoms. The third kappa shape index (κ3) is 7.91. The fourth-order valence-corrected chi connectivity index (χ4v) is 2.53. The van der Waals surface area contributed by atoms with Crippen molar-refractivity contribution in [3.05, 3.63) is 59.1 Å². The molecule has 1 aromatic rings. The van der Waals surface area contributed by atoms with Crippen LogP contribution in [0.2, 0.25) is 0 Å². The summed E-state index contributed by atoms with van der Waals surface area (Å²) in [6.45, 7) is 10.1. The molecule has 0 atom stereocenters. The van der Waals surface area contributed by atoms with Gasteiger partial charge in [0.15, 0.2) is 5.78 Å². The number of rotatable bonds is 9. The number of halogens is 1. The molecule has 0 heterocycles. The minimum Gasteiger partial charge on any atom is -0.376 e. The smallest absolute Gasteiger partial charge is 0.220 e. The van der Waals surface area contributed by atoms with Gasteiger partial charge in [0, 0.05) is 43.4 Å². The SMILES string of the molecule is C=C(C#CC)/C=C(\C)N(C)CCNC(=O)CCc1ccc(F)cc1C(C)=O. The third-order valence-corrected chi connectivity index (χ3v) is 4.11. The number of allylic oxidation sites excluding steroid dienone is 3. The Labute approximate surface area is 161 Å². The topological polar surface area (TPSA) is 49.4 Å². The highest BCUT2D eigenvalue weighted by molar-refractivity contribution is 5.95. The molecule has 0 spiro atoms. The molecule has 1 rings (SSSR count). The van der Waals surface area contributed by atoms with Gasteiger partial charge in [0.1, 0.15) is 5.82 Å². The number of carbonyl (C=O) groups excluding carboxylic acids is 2. The lowest BCUT2D eigenvalue weighted by atomic mass is 10.00. The number of hydrogen-bond donors (Lipinski definition) is 1. The predicted octanol–water partition coefficient (Wildman–Crippen LogP) is 3.49. The Balaban J connectivity index is 2.47. The summed E-state index contributed by atoms with van der Waals surface area (Å²) in [6, 6.07) is 4.09. The van der Waals surface area contributed by atoms with Gasteiger partial charge in [-0.2, -0.15) is 0 Å². The minimum absolute atomic E-state index is 0.106. The van der Waals surface area contributed by atoms with Crippen molar-refractivity contribution in [2.45, 2.75) is 33.6 Å². The Bertz CT molecular complexity index is 800. The van der Waals surface area contributed by atoms with E-state index in [-0.39, 0.29) is 18.1 Å². The summed E-state index contributed by atoms with van der Waals surface area (Å²) in [5.74, 6) is 4.93. The number of nitrogens with one attached hydrogen (secondary N) is 1. The van der Waals surface area contributed by atoms with Gasteiger partial charge in [0.2, 0.25) is 5.91 Å². The Hall–Kier alpha value is -2.87. The second kappa shape index (κ2) is 11.0. The van der Waals surface area contributed by atoms with Crippen molar-refractivity contribution < 1.29 is 14.0 Å². The maximum absolute atomic E-state index is 13.3. The lowest BCUT2D eigenvalue weighted by molar-refractivity contribution is -0.121. The molecule has 0 aliphatic carbocycles. The van der Waals surface area contributed by atoms with E-state index < -0.39 is 5.82 Å². The first kappa shape index (κ1) is 22.2. The summed E-state index contributed by atoms with van der Waals surface area (Å²) in [5.41, 5.74) is 2.77. The van der Waals surface area contributed by atoms with Crippen LogP contribution in [-0.4, -0.2) is 36.7 Å². The van der Waals surface area contributed by atoms with Crippen LogP contribution in [0.4, 0.5) is 4.39 Å². The number of nitrogens with zero attached hydrogens (tertiary/aromatic N) is 1. The molecule has 1 aromatic carbocycles. The lowest BCUT2D eigenvalue weighted by Gasteiger charge is -2.20. The quantitative estimate of drug-likeness (QED) is 0.411. The fourth-order valence-electron chi connectivity index (χ4n) is 2.53. The van der Waals surface area contributed by atoms with Crippen LogP contribution in [0, 0.1) is 17.7 Å². The van der Waals surface area contributed by atoms with Crippen LogP contribution >= 0.6 is 0 Å². The van der Waals surface area contributed by atoms with Crippen molar-refractivity contribution in [1.82, 2.24) is 10.2 Å². The van der Waals surface area contributed by atoms with Crippen LogP contribution in [-0.2, 0) is 11.2 Å². The molecule has 0 aliphatic heterocycles. The Morgan fingerprint density at radius 1 is 1.33 bits per heavy atom. The molecule has 0 saturated carbocycles. The van der Waals surface area contributed by atoms with Crippen molar-refractivity contribution in [2.75, 3.05) is 20.1 Å². The number of carbonyl (C=O) groups is 2. The average Bonchev–Trinajstić information content (AvgIpc) is 2.60. The Morgan fingerprint density at radius 3 is 2.67 bits per heavy atom.